The molecule has 6 heteroatoms. The average molecular weight is 422 g/mol. The number of piperazine rings is 1. The molecule has 1 amide bonds. The fourth-order valence-electron chi connectivity index (χ4n) is 4.35. The number of carbonyl (C=O) groups is 2. The SMILES string of the molecule is CC(=O)Oc1ccc(C(=O)N2Cc3ccc(N4CCN(C)CC4)cc3C2)cc1C(C)C. The minimum absolute atomic E-state index is 0.00798. The number of anilines is 1. The van der Waals surface area contributed by atoms with E-state index in [1.54, 1.807) is 12.1 Å². The molecular formula is C25H31N3O3. The van der Waals surface area contributed by atoms with Gasteiger partial charge in [-0.1, -0.05) is 19.9 Å². The molecule has 1 fully saturated rings. The Bertz CT molecular complexity index is 994. The molecule has 2 aromatic rings. The average Bonchev–Trinajstić information content (AvgIpc) is 3.17. The highest BCUT2D eigenvalue weighted by atomic mass is 16.5. The van der Waals surface area contributed by atoms with Crippen molar-refractivity contribution in [3.63, 3.8) is 0 Å². The largest absolute Gasteiger partial charge is 0.426 e. The number of nitrogens with zero attached hydrogens (tertiary/aromatic N) is 3. The molecule has 2 aliphatic heterocycles. The fourth-order valence-corrected chi connectivity index (χ4v) is 4.35. The third-order valence-electron chi connectivity index (χ3n) is 6.20. The molecule has 2 aliphatic rings. The van der Waals surface area contributed by atoms with Gasteiger partial charge >= 0.3 is 5.97 Å². The predicted molar refractivity (Wildman–Crippen MR) is 122 cm³/mol. The molecule has 31 heavy (non-hydrogen) atoms. The van der Waals surface area contributed by atoms with Crippen LogP contribution in [0.25, 0.3) is 0 Å². The minimum Gasteiger partial charge on any atom is -0.426 e. The van der Waals surface area contributed by atoms with Gasteiger partial charge < -0.3 is 19.4 Å². The van der Waals surface area contributed by atoms with Crippen molar-refractivity contribution in [3.8, 4) is 5.75 Å². The van der Waals surface area contributed by atoms with E-state index >= 15 is 0 Å². The van der Waals surface area contributed by atoms with Crippen molar-refractivity contribution >= 4 is 17.6 Å². The van der Waals surface area contributed by atoms with E-state index in [0.29, 0.717) is 24.4 Å². The van der Waals surface area contributed by atoms with E-state index in [2.05, 4.69) is 35.0 Å². The first-order chi connectivity index (χ1) is 14.8. The number of amides is 1. The Morgan fingerprint density at radius 3 is 2.32 bits per heavy atom. The summed E-state index contributed by atoms with van der Waals surface area (Å²) in [5.74, 6) is 0.324. The predicted octanol–water partition coefficient (Wildman–Crippen LogP) is 3.64. The Morgan fingerprint density at radius 1 is 0.935 bits per heavy atom. The van der Waals surface area contributed by atoms with Gasteiger partial charge in [-0.2, -0.15) is 0 Å². The van der Waals surface area contributed by atoms with E-state index in [9.17, 15) is 9.59 Å². The number of esters is 1. The first-order valence-corrected chi connectivity index (χ1v) is 11.0. The third-order valence-corrected chi connectivity index (χ3v) is 6.20. The Kier molecular flexibility index (Phi) is 6.01. The van der Waals surface area contributed by atoms with Crippen molar-refractivity contribution in [1.82, 2.24) is 9.80 Å². The fraction of sp³-hybridized carbons (Fsp3) is 0.440. The summed E-state index contributed by atoms with van der Waals surface area (Å²) in [6.07, 6.45) is 0. The first kappa shape index (κ1) is 21.4. The molecule has 0 radical (unpaired) electrons. The highest BCUT2D eigenvalue weighted by Crippen LogP contribution is 2.31. The summed E-state index contributed by atoms with van der Waals surface area (Å²) in [6, 6.07) is 12.0. The van der Waals surface area contributed by atoms with Gasteiger partial charge in [0.15, 0.2) is 0 Å². The monoisotopic (exact) mass is 421 g/mol. The molecule has 6 nitrogen and oxygen atoms in total. The molecule has 2 aromatic carbocycles. The van der Waals surface area contributed by atoms with E-state index in [1.807, 2.05) is 24.8 Å². The number of hydrogen-bond donors (Lipinski definition) is 0. The van der Waals surface area contributed by atoms with E-state index in [-0.39, 0.29) is 17.8 Å². The first-order valence-electron chi connectivity index (χ1n) is 11.0. The van der Waals surface area contributed by atoms with E-state index in [4.69, 9.17) is 4.74 Å². The lowest BCUT2D eigenvalue weighted by atomic mass is 9.99. The van der Waals surface area contributed by atoms with Crippen molar-refractivity contribution < 1.29 is 14.3 Å². The Labute approximate surface area is 184 Å². The molecule has 0 aromatic heterocycles. The molecular weight excluding hydrogens is 390 g/mol. The second-order valence-electron chi connectivity index (χ2n) is 8.91. The quantitative estimate of drug-likeness (QED) is 0.557. The lowest BCUT2D eigenvalue weighted by molar-refractivity contribution is -0.131. The smallest absolute Gasteiger partial charge is 0.308 e. The van der Waals surface area contributed by atoms with Crippen molar-refractivity contribution in [2.75, 3.05) is 38.1 Å². The molecule has 164 valence electrons. The summed E-state index contributed by atoms with van der Waals surface area (Å²) in [5, 5.41) is 0. The number of rotatable bonds is 4. The maximum Gasteiger partial charge on any atom is 0.308 e. The van der Waals surface area contributed by atoms with Crippen LogP contribution >= 0.6 is 0 Å². The lowest BCUT2D eigenvalue weighted by Gasteiger charge is -2.34. The molecule has 0 spiro atoms. The number of fused-ring (bicyclic) bond motifs is 1. The molecule has 1 saturated heterocycles. The number of carbonyl (C=O) groups excluding carboxylic acids is 2. The second kappa shape index (κ2) is 8.71. The summed E-state index contributed by atoms with van der Waals surface area (Å²) in [6.45, 7) is 10.9. The standard InChI is InChI=1S/C25H31N3O3/c1-17(2)23-14-19(6-8-24(23)31-18(3)29)25(30)28-15-20-5-7-22(13-21(20)16-28)27-11-9-26(4)10-12-27/h5-8,13-14,17H,9-12,15-16H2,1-4H3. The zero-order chi connectivity index (χ0) is 22.1. The van der Waals surface area contributed by atoms with Crippen LogP contribution in [0.5, 0.6) is 5.75 Å². The Hall–Kier alpha value is -2.86. The number of likely N-dealkylation sites (N-methyl/N-ethyl adjacent to an activating group) is 1. The van der Waals surface area contributed by atoms with E-state index < -0.39 is 0 Å². The summed E-state index contributed by atoms with van der Waals surface area (Å²) in [4.78, 5) is 31.3. The molecule has 0 N–H and O–H groups in total. The van der Waals surface area contributed by atoms with Crippen LogP contribution in [0.3, 0.4) is 0 Å². The molecule has 0 atom stereocenters. The molecule has 0 unspecified atom stereocenters. The van der Waals surface area contributed by atoms with Crippen LogP contribution in [0.2, 0.25) is 0 Å². The normalized spacial score (nSPS) is 16.5. The maximum absolute atomic E-state index is 13.2. The van der Waals surface area contributed by atoms with Gasteiger partial charge in [-0.15, -0.1) is 0 Å². The van der Waals surface area contributed by atoms with Crippen LogP contribution in [-0.4, -0.2) is 54.9 Å². The maximum atomic E-state index is 13.2. The van der Waals surface area contributed by atoms with Gasteiger partial charge in [-0.25, -0.2) is 0 Å². The summed E-state index contributed by atoms with van der Waals surface area (Å²) in [7, 11) is 2.16. The van der Waals surface area contributed by atoms with Crippen LogP contribution < -0.4 is 9.64 Å². The number of benzene rings is 2. The summed E-state index contributed by atoms with van der Waals surface area (Å²) >= 11 is 0. The van der Waals surface area contributed by atoms with Crippen molar-refractivity contribution in [2.24, 2.45) is 0 Å². The number of hydrogen-bond acceptors (Lipinski definition) is 5. The van der Waals surface area contributed by atoms with Gasteiger partial charge in [-0.05, 0) is 60.0 Å². The van der Waals surface area contributed by atoms with E-state index in [0.717, 1.165) is 31.7 Å². The highest BCUT2D eigenvalue weighted by molar-refractivity contribution is 5.95. The second-order valence-corrected chi connectivity index (χ2v) is 8.91. The van der Waals surface area contributed by atoms with Crippen LogP contribution in [0.1, 0.15) is 53.7 Å². The third kappa shape index (κ3) is 4.59. The summed E-state index contributed by atoms with van der Waals surface area (Å²) in [5.41, 5.74) is 5.19. The summed E-state index contributed by atoms with van der Waals surface area (Å²) < 4.78 is 5.32. The van der Waals surface area contributed by atoms with Crippen LogP contribution in [0.15, 0.2) is 36.4 Å². The van der Waals surface area contributed by atoms with E-state index in [1.165, 1.54) is 23.7 Å². The molecule has 2 heterocycles. The van der Waals surface area contributed by atoms with Gasteiger partial charge in [-0.3, -0.25) is 9.59 Å². The minimum atomic E-state index is -0.355. The molecule has 0 bridgehead atoms. The molecule has 0 aliphatic carbocycles. The highest BCUT2D eigenvalue weighted by Gasteiger charge is 2.26. The molecule has 0 saturated carbocycles. The van der Waals surface area contributed by atoms with Gasteiger partial charge in [0.1, 0.15) is 5.75 Å². The lowest BCUT2D eigenvalue weighted by Crippen LogP contribution is -2.44. The van der Waals surface area contributed by atoms with Gasteiger partial charge in [0.05, 0.1) is 0 Å². The van der Waals surface area contributed by atoms with Crippen LogP contribution in [0, 0.1) is 0 Å². The van der Waals surface area contributed by atoms with Crippen molar-refractivity contribution in [1.29, 1.82) is 0 Å². The topological polar surface area (TPSA) is 53.1 Å². The Morgan fingerprint density at radius 2 is 1.65 bits per heavy atom. The zero-order valence-corrected chi connectivity index (χ0v) is 18.9. The van der Waals surface area contributed by atoms with Gasteiger partial charge in [0.2, 0.25) is 0 Å². The molecule has 4 rings (SSSR count). The van der Waals surface area contributed by atoms with Gasteiger partial charge in [0.25, 0.3) is 5.91 Å². The van der Waals surface area contributed by atoms with Crippen LogP contribution in [-0.2, 0) is 17.9 Å². The van der Waals surface area contributed by atoms with Crippen molar-refractivity contribution in [2.45, 2.75) is 39.8 Å². The van der Waals surface area contributed by atoms with Crippen molar-refractivity contribution in [3.05, 3.63) is 58.7 Å². The number of ether oxygens (including phenoxy) is 1. The zero-order valence-electron chi connectivity index (χ0n) is 18.9. The van der Waals surface area contributed by atoms with Gasteiger partial charge in [0, 0.05) is 57.4 Å². The van der Waals surface area contributed by atoms with Crippen LogP contribution in [0.4, 0.5) is 5.69 Å². The Balaban J connectivity index is 1.50.